The summed E-state index contributed by atoms with van der Waals surface area (Å²) in [5.74, 6) is -25.6. The van der Waals surface area contributed by atoms with Gasteiger partial charge in [0.25, 0.3) is 0 Å². The fraction of sp³-hybridized carbons (Fsp3) is 0.857. The van der Waals surface area contributed by atoms with Crippen LogP contribution in [0, 0.1) is 0 Å². The Morgan fingerprint density at radius 1 is 0.783 bits per heavy atom. The fourth-order valence-electron chi connectivity index (χ4n) is 1.45. The number of aliphatic carboxylic acids is 1. The van der Waals surface area contributed by atoms with Gasteiger partial charge in [0.15, 0.2) is 0 Å². The van der Waals surface area contributed by atoms with E-state index in [2.05, 4.69) is 0 Å². The zero-order chi connectivity index (χ0) is 18.2. The van der Waals surface area contributed by atoms with Crippen LogP contribution in [0.5, 0.6) is 0 Å². The maximum Gasteiger partial charge on any atom is 1.00 e. The van der Waals surface area contributed by atoms with Crippen molar-refractivity contribution in [3.63, 3.8) is 0 Å². The number of hydrogen-bond acceptors (Lipinski definition) is 3. The molecule has 1 fully saturated rings. The van der Waals surface area contributed by atoms with Crippen molar-refractivity contribution in [1.29, 1.82) is 0 Å². The molecule has 1 saturated heterocycles. The monoisotopic (exact) mass is 381 g/mol. The summed E-state index contributed by atoms with van der Waals surface area (Å²) in [6.07, 6.45) is 0. The fourth-order valence-corrected chi connectivity index (χ4v) is 1.45. The van der Waals surface area contributed by atoms with Gasteiger partial charge < -0.3 is 9.90 Å². The minimum atomic E-state index is -7.35. The minimum absolute atomic E-state index is 0. The average Bonchev–Trinajstić information content (AvgIpc) is 2.32. The third-order valence-electron chi connectivity index (χ3n) is 2.63. The molecule has 0 spiro atoms. The Morgan fingerprint density at radius 3 is 1.26 bits per heavy atom. The SMILES string of the molecule is O=C([O-])C(F)(F)C(F)(F)N1C(F)(F)C(F)(F)C(F)(F)C1(F)F.[Na+]. The van der Waals surface area contributed by atoms with E-state index in [9.17, 15) is 62.6 Å². The first-order chi connectivity index (χ1) is 9.31. The minimum Gasteiger partial charge on any atom is -0.544 e. The Labute approximate surface area is 139 Å². The topological polar surface area (TPSA) is 43.4 Å². The zero-order valence-corrected chi connectivity index (χ0v) is 12.3. The summed E-state index contributed by atoms with van der Waals surface area (Å²) in [7, 11) is 0. The van der Waals surface area contributed by atoms with Gasteiger partial charge in [0.1, 0.15) is 5.97 Å². The molecule has 0 bridgehead atoms. The van der Waals surface area contributed by atoms with Crippen LogP contribution in [0.4, 0.5) is 52.7 Å². The van der Waals surface area contributed by atoms with E-state index in [0.717, 1.165) is 0 Å². The van der Waals surface area contributed by atoms with Gasteiger partial charge in [0.2, 0.25) is 0 Å². The first-order valence-corrected chi connectivity index (χ1v) is 4.60. The molecule has 0 N–H and O–H groups in total. The molecule has 3 nitrogen and oxygen atoms in total. The van der Waals surface area contributed by atoms with Crippen molar-refractivity contribution in [2.24, 2.45) is 0 Å². The summed E-state index contributed by atoms with van der Waals surface area (Å²) in [6, 6.07) is -21.8. The van der Waals surface area contributed by atoms with Gasteiger partial charge in [-0.25, -0.2) is 0 Å². The van der Waals surface area contributed by atoms with Gasteiger partial charge in [0, 0.05) is 0 Å². The average molecular weight is 381 g/mol. The van der Waals surface area contributed by atoms with E-state index < -0.39 is 46.8 Å². The van der Waals surface area contributed by atoms with Crippen LogP contribution in [0.3, 0.4) is 0 Å². The molecule has 1 aliphatic rings. The standard InChI is InChI=1S/C7HF12NO2.Na/c8-2(9,1(21)22)5(14,15)20-6(16,17)3(10,11)4(12,13)7(20,18)19;/h(H,21,22);/q;+1/p-1. The second kappa shape index (κ2) is 5.29. The molecule has 0 radical (unpaired) electrons. The normalized spacial score (nSPS) is 25.7. The number of halogens is 12. The van der Waals surface area contributed by atoms with Gasteiger partial charge in [-0.15, -0.1) is 4.90 Å². The number of rotatable bonds is 3. The molecule has 1 aliphatic heterocycles. The number of nitrogens with zero attached hydrogens (tertiary/aromatic N) is 1. The number of carbonyl (C=O) groups excluding carboxylic acids is 1. The van der Waals surface area contributed by atoms with E-state index in [1.807, 2.05) is 0 Å². The number of carbonyl (C=O) groups is 1. The summed E-state index contributed by atoms with van der Waals surface area (Å²) >= 11 is 0. The molecule has 0 unspecified atom stereocenters. The van der Waals surface area contributed by atoms with E-state index in [1.165, 1.54) is 0 Å². The summed E-state index contributed by atoms with van der Waals surface area (Å²) in [5, 5.41) is 9.74. The number of carboxylic acids is 1. The van der Waals surface area contributed by atoms with E-state index in [-0.39, 0.29) is 29.6 Å². The molecule has 0 aliphatic carbocycles. The second-order valence-corrected chi connectivity index (χ2v) is 3.97. The molecule has 0 aromatic rings. The van der Waals surface area contributed by atoms with Gasteiger partial charge in [-0.1, -0.05) is 0 Å². The van der Waals surface area contributed by atoms with Gasteiger partial charge >= 0.3 is 65.5 Å². The van der Waals surface area contributed by atoms with Crippen molar-refractivity contribution in [3.05, 3.63) is 0 Å². The Kier molecular flexibility index (Phi) is 5.20. The van der Waals surface area contributed by atoms with E-state index in [0.29, 0.717) is 0 Å². The smallest absolute Gasteiger partial charge is 0.544 e. The molecular formula is C7F12NNaO2. The predicted molar refractivity (Wildman–Crippen MR) is 36.5 cm³/mol. The molecule has 130 valence electrons. The van der Waals surface area contributed by atoms with Crippen LogP contribution in [-0.2, 0) is 4.79 Å². The number of hydrogen-bond donors (Lipinski definition) is 0. The Morgan fingerprint density at radius 2 is 1.04 bits per heavy atom. The molecular weight excluding hydrogens is 381 g/mol. The molecule has 0 saturated carbocycles. The third-order valence-corrected chi connectivity index (χ3v) is 2.63. The van der Waals surface area contributed by atoms with Crippen LogP contribution in [0.1, 0.15) is 0 Å². The molecule has 23 heavy (non-hydrogen) atoms. The van der Waals surface area contributed by atoms with Gasteiger partial charge in [-0.2, -0.15) is 52.7 Å². The van der Waals surface area contributed by atoms with Crippen molar-refractivity contribution in [1.82, 2.24) is 4.90 Å². The largest absolute Gasteiger partial charge is 1.00 e. The van der Waals surface area contributed by atoms with Crippen molar-refractivity contribution < 1.29 is 92.1 Å². The number of alkyl halides is 12. The van der Waals surface area contributed by atoms with E-state index in [1.54, 1.807) is 0 Å². The molecule has 0 atom stereocenters. The summed E-state index contributed by atoms with van der Waals surface area (Å²) in [4.78, 5) is 5.92. The summed E-state index contributed by atoms with van der Waals surface area (Å²) in [6.45, 7) is 0. The molecule has 0 aromatic carbocycles. The van der Waals surface area contributed by atoms with Gasteiger partial charge in [-0.05, 0) is 0 Å². The van der Waals surface area contributed by atoms with Crippen molar-refractivity contribution in [2.75, 3.05) is 0 Å². The predicted octanol–water partition coefficient (Wildman–Crippen LogP) is -1.26. The van der Waals surface area contributed by atoms with Crippen LogP contribution < -0.4 is 34.7 Å². The van der Waals surface area contributed by atoms with E-state index >= 15 is 0 Å². The third kappa shape index (κ3) is 2.33. The quantitative estimate of drug-likeness (QED) is 0.349. The van der Waals surface area contributed by atoms with Crippen LogP contribution in [0.25, 0.3) is 0 Å². The first kappa shape index (κ1) is 22.6. The van der Waals surface area contributed by atoms with Crippen LogP contribution >= 0.6 is 0 Å². The van der Waals surface area contributed by atoms with Crippen molar-refractivity contribution in [2.45, 2.75) is 35.9 Å². The Hall–Kier alpha value is -0.410. The molecule has 1 heterocycles. The molecule has 0 amide bonds. The molecule has 0 aromatic heterocycles. The summed E-state index contributed by atoms with van der Waals surface area (Å²) < 4.78 is 153. The van der Waals surface area contributed by atoms with Crippen LogP contribution in [0.2, 0.25) is 0 Å². The Balaban J connectivity index is 0.00000484. The van der Waals surface area contributed by atoms with Gasteiger partial charge in [-0.3, -0.25) is 0 Å². The van der Waals surface area contributed by atoms with Gasteiger partial charge in [0.05, 0.1) is 0 Å². The molecule has 16 heteroatoms. The Bertz CT molecular complexity index is 480. The van der Waals surface area contributed by atoms with Crippen molar-refractivity contribution in [3.8, 4) is 0 Å². The van der Waals surface area contributed by atoms with Crippen LogP contribution in [0.15, 0.2) is 0 Å². The molecule has 1 rings (SSSR count). The van der Waals surface area contributed by atoms with Crippen molar-refractivity contribution >= 4 is 5.97 Å². The maximum absolute atomic E-state index is 13.0. The summed E-state index contributed by atoms with van der Waals surface area (Å²) in [5.41, 5.74) is 0. The zero-order valence-electron chi connectivity index (χ0n) is 10.3. The second-order valence-electron chi connectivity index (χ2n) is 3.97. The van der Waals surface area contributed by atoms with Crippen LogP contribution in [-0.4, -0.2) is 46.8 Å². The first-order valence-electron chi connectivity index (χ1n) is 4.60. The maximum atomic E-state index is 13.0. The number of likely N-dealkylation sites (tertiary alicyclic amines) is 1. The van der Waals surface area contributed by atoms with E-state index in [4.69, 9.17) is 0 Å². The number of carboxylic acid groups (broad SMARTS) is 1.